The van der Waals surface area contributed by atoms with Crippen LogP contribution in [-0.2, 0) is 4.79 Å². The molecule has 0 spiro atoms. The molecule has 0 bridgehead atoms. The van der Waals surface area contributed by atoms with Gasteiger partial charge in [-0.15, -0.1) is 0 Å². The minimum Gasteiger partial charge on any atom is -0.494 e. The van der Waals surface area contributed by atoms with Gasteiger partial charge in [0, 0.05) is 21.9 Å². The molecule has 0 atom stereocenters. The number of nitrogen functional groups attached to an aromatic ring is 1. The standard InChI is InChI=1S/C29H33N3O2/c1-8-34-19-10-12-24-21(16-19)26(30)20-11-9-17(15-25(20)32-24)31-18-13-22(28(2,3)4)27(33)23(14-18)29(5,6)7/h9-16H,8H2,1-7H3,(H2,30,32). The minimum atomic E-state index is -0.277. The molecular formula is C29H33N3O2. The number of benzene rings is 2. The Morgan fingerprint density at radius 3 is 2.12 bits per heavy atom. The molecule has 5 nitrogen and oxygen atoms in total. The summed E-state index contributed by atoms with van der Waals surface area (Å²) < 4.78 is 5.62. The van der Waals surface area contributed by atoms with Gasteiger partial charge in [-0.2, -0.15) is 0 Å². The number of Topliss-reactive ketones (excluding diaryl/α,β-unsaturated/α-hetero) is 1. The van der Waals surface area contributed by atoms with E-state index in [2.05, 4.69) is 41.5 Å². The van der Waals surface area contributed by atoms with Crippen LogP contribution in [0.3, 0.4) is 0 Å². The van der Waals surface area contributed by atoms with Gasteiger partial charge in [-0.3, -0.25) is 4.79 Å². The van der Waals surface area contributed by atoms with Crippen molar-refractivity contribution < 1.29 is 9.53 Å². The number of ether oxygens (including phenoxy) is 1. The smallest absolute Gasteiger partial charge is 0.186 e. The predicted octanol–water partition coefficient (Wildman–Crippen LogP) is 6.97. The molecule has 5 heteroatoms. The highest BCUT2D eigenvalue weighted by Crippen LogP contribution is 2.38. The molecule has 0 saturated carbocycles. The molecular weight excluding hydrogens is 422 g/mol. The van der Waals surface area contributed by atoms with Crippen LogP contribution >= 0.6 is 0 Å². The first kappa shape index (κ1) is 23.7. The number of hydrogen-bond donors (Lipinski definition) is 1. The van der Waals surface area contributed by atoms with E-state index in [-0.39, 0.29) is 16.6 Å². The first-order chi connectivity index (χ1) is 15.9. The van der Waals surface area contributed by atoms with Crippen molar-refractivity contribution in [2.75, 3.05) is 12.3 Å². The fourth-order valence-corrected chi connectivity index (χ4v) is 4.21. The molecule has 1 aliphatic rings. The molecule has 0 unspecified atom stereocenters. The number of nitrogens with two attached hydrogens (primary N) is 1. The molecule has 2 N–H and O–H groups in total. The lowest BCUT2D eigenvalue weighted by atomic mass is 9.72. The molecule has 3 aromatic rings. The number of hydrogen-bond acceptors (Lipinski definition) is 5. The molecule has 0 amide bonds. The molecule has 0 fully saturated rings. The summed E-state index contributed by atoms with van der Waals surface area (Å²) in [6.45, 7) is 14.9. The van der Waals surface area contributed by atoms with Gasteiger partial charge in [0.05, 0.1) is 34.7 Å². The van der Waals surface area contributed by atoms with Gasteiger partial charge in [-0.1, -0.05) is 41.5 Å². The number of carbonyl (C=O) groups is 1. The fraction of sp³-hybridized carbons (Fsp3) is 0.345. The predicted molar refractivity (Wildman–Crippen MR) is 142 cm³/mol. The number of ketones is 1. The van der Waals surface area contributed by atoms with Crippen LogP contribution in [0.2, 0.25) is 0 Å². The van der Waals surface area contributed by atoms with Gasteiger partial charge in [0.2, 0.25) is 0 Å². The third kappa shape index (κ3) is 4.47. The van der Waals surface area contributed by atoms with E-state index in [9.17, 15) is 4.79 Å². The summed E-state index contributed by atoms with van der Waals surface area (Å²) in [5.41, 5.74) is 11.3. The second-order valence-corrected chi connectivity index (χ2v) is 10.8. The summed E-state index contributed by atoms with van der Waals surface area (Å²) in [5.74, 6) is 0.880. The van der Waals surface area contributed by atoms with Crippen LogP contribution in [0.5, 0.6) is 5.75 Å². The van der Waals surface area contributed by atoms with Crippen LogP contribution in [0.15, 0.2) is 64.7 Å². The van der Waals surface area contributed by atoms with Gasteiger partial charge in [0.15, 0.2) is 5.78 Å². The summed E-state index contributed by atoms with van der Waals surface area (Å²) in [7, 11) is 0. The van der Waals surface area contributed by atoms with E-state index in [1.54, 1.807) is 0 Å². The normalized spacial score (nSPS) is 14.9. The summed E-state index contributed by atoms with van der Waals surface area (Å²) in [5, 5.41) is 1.75. The highest BCUT2D eigenvalue weighted by atomic mass is 16.5. The van der Waals surface area contributed by atoms with Crippen LogP contribution in [0.25, 0.3) is 21.8 Å². The first-order valence-electron chi connectivity index (χ1n) is 11.7. The third-order valence-electron chi connectivity index (χ3n) is 6.03. The molecule has 1 heterocycles. The lowest BCUT2D eigenvalue weighted by molar-refractivity contribution is -0.114. The van der Waals surface area contributed by atoms with Crippen molar-refractivity contribution in [3.63, 3.8) is 0 Å². The Kier molecular flexibility index (Phi) is 5.84. The number of pyridine rings is 1. The summed E-state index contributed by atoms with van der Waals surface area (Å²) >= 11 is 0. The summed E-state index contributed by atoms with van der Waals surface area (Å²) in [6, 6.07) is 11.6. The van der Waals surface area contributed by atoms with Gasteiger partial charge in [-0.25, -0.2) is 9.98 Å². The number of carbonyl (C=O) groups excluding carboxylic acids is 1. The Morgan fingerprint density at radius 1 is 0.882 bits per heavy atom. The van der Waals surface area contributed by atoms with Crippen LogP contribution in [-0.4, -0.2) is 23.1 Å². The quantitative estimate of drug-likeness (QED) is 0.342. The average molecular weight is 456 g/mol. The van der Waals surface area contributed by atoms with Crippen molar-refractivity contribution in [1.82, 2.24) is 4.98 Å². The maximum atomic E-state index is 13.2. The molecule has 2 aromatic carbocycles. The maximum Gasteiger partial charge on any atom is 0.186 e. The fourth-order valence-electron chi connectivity index (χ4n) is 4.21. The number of nitrogens with zero attached hydrogens (tertiary/aromatic N) is 2. The van der Waals surface area contributed by atoms with Crippen molar-refractivity contribution in [2.24, 2.45) is 15.8 Å². The van der Waals surface area contributed by atoms with Crippen LogP contribution < -0.4 is 10.5 Å². The molecule has 0 aliphatic heterocycles. The molecule has 34 heavy (non-hydrogen) atoms. The van der Waals surface area contributed by atoms with Crippen molar-refractivity contribution in [3.8, 4) is 5.75 Å². The van der Waals surface area contributed by atoms with Crippen LogP contribution in [0.1, 0.15) is 48.5 Å². The van der Waals surface area contributed by atoms with E-state index in [1.807, 2.05) is 55.5 Å². The van der Waals surface area contributed by atoms with Gasteiger partial charge in [0.1, 0.15) is 5.75 Å². The molecule has 176 valence electrons. The molecule has 4 rings (SSSR count). The second-order valence-electron chi connectivity index (χ2n) is 10.8. The average Bonchev–Trinajstić information content (AvgIpc) is 2.74. The Balaban J connectivity index is 1.84. The van der Waals surface area contributed by atoms with Crippen molar-refractivity contribution in [2.45, 2.75) is 48.5 Å². The van der Waals surface area contributed by atoms with Gasteiger partial charge in [-0.05, 0) is 66.3 Å². The Hall–Kier alpha value is -3.47. The van der Waals surface area contributed by atoms with Gasteiger partial charge in [0.25, 0.3) is 0 Å². The maximum absolute atomic E-state index is 13.2. The SMILES string of the molecule is CCOc1ccc2nc3cc(N=C4C=C(C(C)(C)C)C(=O)C(C(C)(C)C)=C4)ccc3c(N)c2c1. The van der Waals surface area contributed by atoms with Crippen molar-refractivity contribution in [3.05, 3.63) is 59.7 Å². The van der Waals surface area contributed by atoms with Crippen molar-refractivity contribution >= 4 is 44.7 Å². The summed E-state index contributed by atoms with van der Waals surface area (Å²) in [6.07, 6.45) is 3.83. The number of aromatic nitrogens is 1. The molecule has 0 radical (unpaired) electrons. The van der Waals surface area contributed by atoms with Crippen LogP contribution in [0.4, 0.5) is 11.4 Å². The van der Waals surface area contributed by atoms with Gasteiger partial charge >= 0.3 is 0 Å². The monoisotopic (exact) mass is 455 g/mol. The van der Waals surface area contributed by atoms with E-state index >= 15 is 0 Å². The van der Waals surface area contributed by atoms with E-state index in [0.717, 1.165) is 50.1 Å². The number of anilines is 1. The highest BCUT2D eigenvalue weighted by molar-refractivity contribution is 6.23. The van der Waals surface area contributed by atoms with Crippen LogP contribution in [0, 0.1) is 10.8 Å². The second kappa shape index (κ2) is 8.39. The Bertz CT molecular complexity index is 1360. The number of fused-ring (bicyclic) bond motifs is 2. The highest BCUT2D eigenvalue weighted by Gasteiger charge is 2.34. The first-order valence-corrected chi connectivity index (χ1v) is 11.7. The topological polar surface area (TPSA) is 77.6 Å². The molecule has 0 saturated heterocycles. The van der Waals surface area contributed by atoms with E-state index < -0.39 is 0 Å². The summed E-state index contributed by atoms with van der Waals surface area (Å²) in [4.78, 5) is 22.9. The zero-order chi connectivity index (χ0) is 24.8. The van der Waals surface area contributed by atoms with E-state index in [4.69, 9.17) is 20.4 Å². The van der Waals surface area contributed by atoms with Gasteiger partial charge < -0.3 is 10.5 Å². The molecule has 1 aromatic heterocycles. The number of rotatable bonds is 3. The molecule has 1 aliphatic carbocycles. The minimum absolute atomic E-state index is 0.102. The zero-order valence-corrected chi connectivity index (χ0v) is 21.1. The largest absolute Gasteiger partial charge is 0.494 e. The zero-order valence-electron chi connectivity index (χ0n) is 21.1. The lowest BCUT2D eigenvalue weighted by Gasteiger charge is -2.31. The Labute approximate surface area is 201 Å². The Morgan fingerprint density at radius 2 is 1.53 bits per heavy atom. The van der Waals surface area contributed by atoms with Crippen molar-refractivity contribution in [1.29, 1.82) is 0 Å². The van der Waals surface area contributed by atoms with E-state index in [1.165, 1.54) is 0 Å². The third-order valence-corrected chi connectivity index (χ3v) is 6.03. The number of allylic oxidation sites excluding steroid dienone is 4. The number of aliphatic imine (C=N–C) groups is 1. The lowest BCUT2D eigenvalue weighted by Crippen LogP contribution is -2.29. The van der Waals surface area contributed by atoms with E-state index in [0.29, 0.717) is 12.3 Å².